The van der Waals surface area contributed by atoms with Gasteiger partial charge >= 0.3 is 0 Å². The van der Waals surface area contributed by atoms with Gasteiger partial charge < -0.3 is 14.8 Å². The maximum Gasteiger partial charge on any atom is 0.273 e. The van der Waals surface area contributed by atoms with E-state index in [9.17, 15) is 4.79 Å². The van der Waals surface area contributed by atoms with Crippen LogP contribution in [0, 0.1) is 0 Å². The summed E-state index contributed by atoms with van der Waals surface area (Å²) >= 11 is 0. The van der Waals surface area contributed by atoms with Gasteiger partial charge in [0.25, 0.3) is 5.91 Å². The Balaban J connectivity index is 1.81. The number of hydrogen-bond acceptors (Lipinski definition) is 4. The molecule has 0 unspecified atom stereocenters. The average Bonchev–Trinajstić information content (AvgIpc) is 3.17. The van der Waals surface area contributed by atoms with Crippen LogP contribution in [0.1, 0.15) is 35.8 Å². The zero-order chi connectivity index (χ0) is 19.4. The van der Waals surface area contributed by atoms with Crippen molar-refractivity contribution in [3.63, 3.8) is 0 Å². The van der Waals surface area contributed by atoms with Crippen molar-refractivity contribution in [1.29, 1.82) is 0 Å². The third-order valence-electron chi connectivity index (χ3n) is 4.32. The summed E-state index contributed by atoms with van der Waals surface area (Å²) in [5, 5.41) is 9.95. The van der Waals surface area contributed by atoms with Crippen LogP contribution < -0.4 is 14.8 Å². The smallest absolute Gasteiger partial charge is 0.273 e. The quantitative estimate of drug-likeness (QED) is 0.676. The fraction of sp³-hybridized carbons (Fsp3) is 0.238. The molecule has 0 aliphatic rings. The molecule has 2 aromatic carbocycles. The van der Waals surface area contributed by atoms with Crippen molar-refractivity contribution in [1.82, 2.24) is 10.2 Å². The molecule has 0 fully saturated rings. The van der Waals surface area contributed by atoms with E-state index < -0.39 is 0 Å². The first-order valence-corrected chi connectivity index (χ1v) is 8.71. The molecule has 2 N–H and O–H groups in total. The number of amides is 1. The Kier molecular flexibility index (Phi) is 5.45. The predicted octanol–water partition coefficient (Wildman–Crippen LogP) is 4.47. The Bertz CT molecular complexity index is 947. The van der Waals surface area contributed by atoms with E-state index in [1.807, 2.05) is 36.4 Å². The van der Waals surface area contributed by atoms with E-state index in [-0.39, 0.29) is 5.91 Å². The minimum absolute atomic E-state index is 0.248. The first-order chi connectivity index (χ1) is 13.0. The summed E-state index contributed by atoms with van der Waals surface area (Å²) in [6, 6.07) is 15.0. The van der Waals surface area contributed by atoms with E-state index in [0.717, 1.165) is 11.3 Å². The highest BCUT2D eigenvalue weighted by Gasteiger charge is 2.15. The molecule has 0 saturated heterocycles. The number of aromatic amines is 1. The van der Waals surface area contributed by atoms with Gasteiger partial charge in [-0.2, -0.15) is 5.10 Å². The highest BCUT2D eigenvalue weighted by atomic mass is 16.5. The molecular weight excluding hydrogens is 342 g/mol. The van der Waals surface area contributed by atoms with Crippen molar-refractivity contribution in [2.24, 2.45) is 0 Å². The fourth-order valence-electron chi connectivity index (χ4n) is 2.76. The number of rotatable bonds is 6. The van der Waals surface area contributed by atoms with Crippen LogP contribution in [0.5, 0.6) is 11.5 Å². The van der Waals surface area contributed by atoms with E-state index in [0.29, 0.717) is 28.8 Å². The van der Waals surface area contributed by atoms with Crippen molar-refractivity contribution >= 4 is 11.6 Å². The van der Waals surface area contributed by atoms with E-state index >= 15 is 0 Å². The Morgan fingerprint density at radius 3 is 2.59 bits per heavy atom. The minimum Gasteiger partial charge on any atom is -0.497 e. The normalized spacial score (nSPS) is 10.7. The third kappa shape index (κ3) is 4.11. The molecule has 0 saturated carbocycles. The number of hydrogen-bond donors (Lipinski definition) is 2. The number of H-pyrrole nitrogens is 1. The van der Waals surface area contributed by atoms with Crippen molar-refractivity contribution in [3.8, 4) is 22.8 Å². The molecule has 0 radical (unpaired) electrons. The number of nitrogens with zero attached hydrogens (tertiary/aromatic N) is 1. The zero-order valence-electron chi connectivity index (χ0n) is 15.9. The molecule has 3 rings (SSSR count). The van der Waals surface area contributed by atoms with E-state index in [4.69, 9.17) is 9.47 Å². The molecule has 0 spiro atoms. The molecule has 6 heteroatoms. The SMILES string of the molecule is COc1ccc(-c2cc(C(=O)Nc3cccc(C(C)C)c3)[nH]n2)c(OC)c1. The van der Waals surface area contributed by atoms with Crippen LogP contribution in [0.4, 0.5) is 5.69 Å². The summed E-state index contributed by atoms with van der Waals surface area (Å²) in [5.41, 5.74) is 3.69. The number of aromatic nitrogens is 2. The van der Waals surface area contributed by atoms with Crippen LogP contribution in [-0.4, -0.2) is 30.3 Å². The second-order valence-corrected chi connectivity index (χ2v) is 6.47. The number of carbonyl (C=O) groups excluding carboxylic acids is 1. The summed E-state index contributed by atoms with van der Waals surface area (Å²) in [7, 11) is 3.18. The van der Waals surface area contributed by atoms with Crippen molar-refractivity contribution < 1.29 is 14.3 Å². The molecule has 0 aliphatic carbocycles. The maximum absolute atomic E-state index is 12.6. The Morgan fingerprint density at radius 2 is 1.89 bits per heavy atom. The van der Waals surface area contributed by atoms with E-state index in [1.54, 1.807) is 26.4 Å². The van der Waals surface area contributed by atoms with Gasteiger partial charge in [0.05, 0.1) is 19.9 Å². The molecule has 6 nitrogen and oxygen atoms in total. The molecule has 27 heavy (non-hydrogen) atoms. The number of methoxy groups -OCH3 is 2. The van der Waals surface area contributed by atoms with Gasteiger partial charge in [0.1, 0.15) is 17.2 Å². The van der Waals surface area contributed by atoms with Gasteiger partial charge in [0, 0.05) is 17.3 Å². The zero-order valence-corrected chi connectivity index (χ0v) is 15.9. The first kappa shape index (κ1) is 18.5. The first-order valence-electron chi connectivity index (χ1n) is 8.71. The largest absolute Gasteiger partial charge is 0.497 e. The summed E-state index contributed by atoms with van der Waals surface area (Å²) < 4.78 is 10.6. The van der Waals surface area contributed by atoms with E-state index in [2.05, 4.69) is 29.4 Å². The Morgan fingerprint density at radius 1 is 1.07 bits per heavy atom. The van der Waals surface area contributed by atoms with Gasteiger partial charge in [0.15, 0.2) is 0 Å². The molecule has 1 heterocycles. The van der Waals surface area contributed by atoms with Gasteiger partial charge in [0.2, 0.25) is 0 Å². The van der Waals surface area contributed by atoms with Crippen LogP contribution in [0.15, 0.2) is 48.5 Å². The molecular formula is C21H23N3O3. The second kappa shape index (κ2) is 7.95. The molecule has 1 amide bonds. The van der Waals surface area contributed by atoms with Gasteiger partial charge in [-0.05, 0) is 41.8 Å². The predicted molar refractivity (Wildman–Crippen MR) is 106 cm³/mol. The van der Waals surface area contributed by atoms with Crippen LogP contribution in [0.2, 0.25) is 0 Å². The number of carbonyl (C=O) groups is 1. The monoisotopic (exact) mass is 365 g/mol. The van der Waals surface area contributed by atoms with Crippen molar-refractivity contribution in [2.45, 2.75) is 19.8 Å². The van der Waals surface area contributed by atoms with Gasteiger partial charge in [-0.1, -0.05) is 26.0 Å². The summed E-state index contributed by atoms with van der Waals surface area (Å²) in [6.07, 6.45) is 0. The van der Waals surface area contributed by atoms with Gasteiger partial charge in [-0.25, -0.2) is 0 Å². The Labute approximate surface area is 158 Å². The van der Waals surface area contributed by atoms with Crippen LogP contribution >= 0.6 is 0 Å². The highest BCUT2D eigenvalue weighted by molar-refractivity contribution is 6.03. The number of nitrogens with one attached hydrogen (secondary N) is 2. The van der Waals surface area contributed by atoms with E-state index in [1.165, 1.54) is 5.56 Å². The third-order valence-corrected chi connectivity index (χ3v) is 4.32. The number of benzene rings is 2. The summed E-state index contributed by atoms with van der Waals surface area (Å²) in [6.45, 7) is 4.23. The van der Waals surface area contributed by atoms with Crippen LogP contribution in [0.25, 0.3) is 11.3 Å². The lowest BCUT2D eigenvalue weighted by Gasteiger charge is -2.09. The van der Waals surface area contributed by atoms with Crippen molar-refractivity contribution in [3.05, 3.63) is 59.8 Å². The van der Waals surface area contributed by atoms with Gasteiger partial charge in [-0.15, -0.1) is 0 Å². The molecule has 0 bridgehead atoms. The summed E-state index contributed by atoms with van der Waals surface area (Å²) in [5.74, 6) is 1.46. The standard InChI is InChI=1S/C21H23N3O3/c1-13(2)14-6-5-7-15(10-14)22-21(25)19-12-18(23-24-19)17-9-8-16(26-3)11-20(17)27-4/h5-13H,1-4H3,(H,22,25)(H,23,24). The lowest BCUT2D eigenvalue weighted by atomic mass is 10.0. The Hall–Kier alpha value is -3.28. The van der Waals surface area contributed by atoms with Crippen LogP contribution in [0.3, 0.4) is 0 Å². The highest BCUT2D eigenvalue weighted by Crippen LogP contribution is 2.32. The number of anilines is 1. The lowest BCUT2D eigenvalue weighted by molar-refractivity contribution is 0.102. The summed E-state index contributed by atoms with van der Waals surface area (Å²) in [4.78, 5) is 12.6. The minimum atomic E-state index is -0.248. The molecule has 0 atom stereocenters. The van der Waals surface area contributed by atoms with Crippen molar-refractivity contribution in [2.75, 3.05) is 19.5 Å². The topological polar surface area (TPSA) is 76.2 Å². The van der Waals surface area contributed by atoms with Crippen LogP contribution in [-0.2, 0) is 0 Å². The molecule has 1 aromatic heterocycles. The molecule has 140 valence electrons. The molecule has 0 aliphatic heterocycles. The molecule has 3 aromatic rings. The average molecular weight is 365 g/mol. The maximum atomic E-state index is 12.6. The second-order valence-electron chi connectivity index (χ2n) is 6.47. The van der Waals surface area contributed by atoms with Gasteiger partial charge in [-0.3, -0.25) is 9.89 Å². The fourth-order valence-corrected chi connectivity index (χ4v) is 2.76. The lowest BCUT2D eigenvalue weighted by Crippen LogP contribution is -2.12. The number of ether oxygens (including phenoxy) is 2.